The van der Waals surface area contributed by atoms with Crippen LogP contribution in [0.5, 0.6) is 0 Å². The lowest BCUT2D eigenvalue weighted by Crippen LogP contribution is -2.30. The maximum Gasteiger partial charge on any atom is 0.269 e. The molecule has 17 heavy (non-hydrogen) atoms. The molecule has 0 saturated heterocycles. The molecule has 1 atom stereocenters. The predicted octanol–water partition coefficient (Wildman–Crippen LogP) is 1.36. The van der Waals surface area contributed by atoms with E-state index in [1.807, 2.05) is 0 Å². The summed E-state index contributed by atoms with van der Waals surface area (Å²) < 4.78 is 0. The number of nitro groups is 1. The van der Waals surface area contributed by atoms with Gasteiger partial charge in [0, 0.05) is 19.1 Å². The molecule has 1 aromatic carbocycles. The Labute approximate surface area is 97.8 Å². The maximum atomic E-state index is 11.4. The smallest absolute Gasteiger partial charge is 0.269 e. The molecule has 1 amide bonds. The second-order valence-electron chi connectivity index (χ2n) is 3.60. The van der Waals surface area contributed by atoms with Gasteiger partial charge < -0.3 is 5.32 Å². The quantitative estimate of drug-likeness (QED) is 0.631. The molecular formula is C11H12N2O4. The number of nitrogens with one attached hydrogen (secondary N) is 1. The van der Waals surface area contributed by atoms with E-state index < -0.39 is 11.0 Å². The van der Waals surface area contributed by atoms with Crippen LogP contribution in [0.15, 0.2) is 24.3 Å². The van der Waals surface area contributed by atoms with Crippen LogP contribution in [0.4, 0.5) is 5.69 Å². The van der Waals surface area contributed by atoms with Gasteiger partial charge in [-0.25, -0.2) is 0 Å². The fourth-order valence-corrected chi connectivity index (χ4v) is 1.44. The van der Waals surface area contributed by atoms with E-state index >= 15 is 0 Å². The van der Waals surface area contributed by atoms with Crippen molar-refractivity contribution in [2.45, 2.75) is 19.9 Å². The first kappa shape index (κ1) is 12.8. The van der Waals surface area contributed by atoms with E-state index in [9.17, 15) is 19.7 Å². The normalized spacial score (nSPS) is 11.6. The summed E-state index contributed by atoms with van der Waals surface area (Å²) in [6.45, 7) is 2.60. The van der Waals surface area contributed by atoms with Crippen LogP contribution in [0.1, 0.15) is 25.5 Å². The largest absolute Gasteiger partial charge is 0.342 e. The number of carbonyl (C=O) groups is 2. The van der Waals surface area contributed by atoms with E-state index in [4.69, 9.17) is 0 Å². The molecule has 0 spiro atoms. The van der Waals surface area contributed by atoms with Gasteiger partial charge in [0.2, 0.25) is 5.91 Å². The van der Waals surface area contributed by atoms with Crippen molar-refractivity contribution in [1.29, 1.82) is 0 Å². The van der Waals surface area contributed by atoms with Gasteiger partial charge in [-0.05, 0) is 12.5 Å². The number of rotatable bonds is 4. The van der Waals surface area contributed by atoms with Crippen molar-refractivity contribution in [3.63, 3.8) is 0 Å². The van der Waals surface area contributed by atoms with Crippen LogP contribution < -0.4 is 5.32 Å². The van der Waals surface area contributed by atoms with Crippen LogP contribution >= 0.6 is 0 Å². The van der Waals surface area contributed by atoms with Crippen molar-refractivity contribution in [2.24, 2.45) is 0 Å². The monoisotopic (exact) mass is 236 g/mol. The van der Waals surface area contributed by atoms with Gasteiger partial charge in [0.15, 0.2) is 5.78 Å². The molecule has 1 unspecified atom stereocenters. The van der Waals surface area contributed by atoms with Crippen LogP contribution in [0.25, 0.3) is 0 Å². The van der Waals surface area contributed by atoms with Crippen molar-refractivity contribution < 1.29 is 14.5 Å². The SMILES string of the molecule is CC(=O)NC(C(C)=O)c1cccc([N+](=O)[O-])c1. The van der Waals surface area contributed by atoms with Crippen LogP contribution in [0.3, 0.4) is 0 Å². The molecule has 90 valence electrons. The van der Waals surface area contributed by atoms with Crippen molar-refractivity contribution in [1.82, 2.24) is 5.32 Å². The fourth-order valence-electron chi connectivity index (χ4n) is 1.44. The van der Waals surface area contributed by atoms with E-state index in [2.05, 4.69) is 5.32 Å². The summed E-state index contributed by atoms with van der Waals surface area (Å²) in [5.41, 5.74) is 0.293. The number of hydrogen-bond donors (Lipinski definition) is 1. The molecule has 0 saturated carbocycles. The Balaban J connectivity index is 3.10. The summed E-state index contributed by atoms with van der Waals surface area (Å²) in [5, 5.41) is 13.1. The summed E-state index contributed by atoms with van der Waals surface area (Å²) in [6, 6.07) is 4.81. The number of ketones is 1. The number of nitrogens with zero attached hydrogens (tertiary/aromatic N) is 1. The molecule has 6 heteroatoms. The average molecular weight is 236 g/mol. The summed E-state index contributed by atoms with van der Waals surface area (Å²) >= 11 is 0. The zero-order chi connectivity index (χ0) is 13.0. The molecule has 0 aliphatic rings. The zero-order valence-corrected chi connectivity index (χ0v) is 9.47. The molecular weight excluding hydrogens is 224 g/mol. The Morgan fingerprint density at radius 1 is 1.35 bits per heavy atom. The number of Topliss-reactive ketones (excluding diaryl/α,β-unsaturated/α-hetero) is 1. The van der Waals surface area contributed by atoms with Crippen molar-refractivity contribution in [2.75, 3.05) is 0 Å². The first-order chi connectivity index (χ1) is 7.91. The minimum Gasteiger partial charge on any atom is -0.342 e. The molecule has 0 bridgehead atoms. The van der Waals surface area contributed by atoms with Gasteiger partial charge in [-0.2, -0.15) is 0 Å². The summed E-state index contributed by atoms with van der Waals surface area (Å²) in [7, 11) is 0. The minimum absolute atomic E-state index is 0.112. The Bertz CT molecular complexity index is 470. The van der Waals surface area contributed by atoms with E-state index in [0.29, 0.717) is 5.56 Å². The third-order valence-electron chi connectivity index (χ3n) is 2.17. The second kappa shape index (κ2) is 5.20. The molecule has 6 nitrogen and oxygen atoms in total. The predicted molar refractivity (Wildman–Crippen MR) is 60.3 cm³/mol. The molecule has 0 fully saturated rings. The number of nitro benzene ring substituents is 1. The van der Waals surface area contributed by atoms with E-state index in [-0.39, 0.29) is 17.4 Å². The second-order valence-corrected chi connectivity index (χ2v) is 3.60. The van der Waals surface area contributed by atoms with Crippen molar-refractivity contribution >= 4 is 17.4 Å². The highest BCUT2D eigenvalue weighted by molar-refractivity contribution is 5.87. The highest BCUT2D eigenvalue weighted by Gasteiger charge is 2.19. The number of hydrogen-bond acceptors (Lipinski definition) is 4. The fraction of sp³-hybridized carbons (Fsp3) is 0.273. The topological polar surface area (TPSA) is 89.3 Å². The van der Waals surface area contributed by atoms with Gasteiger partial charge in [0.1, 0.15) is 6.04 Å². The van der Waals surface area contributed by atoms with Gasteiger partial charge in [0.25, 0.3) is 5.69 Å². The van der Waals surface area contributed by atoms with Crippen LogP contribution in [-0.4, -0.2) is 16.6 Å². The molecule has 1 rings (SSSR count). The number of non-ortho nitro benzene ring substituents is 1. The Morgan fingerprint density at radius 3 is 2.47 bits per heavy atom. The number of carbonyl (C=O) groups excluding carboxylic acids is 2. The maximum absolute atomic E-state index is 11.4. The third kappa shape index (κ3) is 3.37. The van der Waals surface area contributed by atoms with Gasteiger partial charge in [-0.3, -0.25) is 19.7 Å². The first-order valence-electron chi connectivity index (χ1n) is 4.93. The third-order valence-corrected chi connectivity index (χ3v) is 2.17. The molecule has 0 aliphatic carbocycles. The number of amides is 1. The van der Waals surface area contributed by atoms with E-state index in [1.54, 1.807) is 6.07 Å². The van der Waals surface area contributed by atoms with Gasteiger partial charge in [-0.15, -0.1) is 0 Å². The van der Waals surface area contributed by atoms with Gasteiger partial charge in [-0.1, -0.05) is 12.1 Å². The zero-order valence-electron chi connectivity index (χ0n) is 9.47. The lowest BCUT2D eigenvalue weighted by molar-refractivity contribution is -0.384. The highest BCUT2D eigenvalue weighted by Crippen LogP contribution is 2.19. The van der Waals surface area contributed by atoms with E-state index in [1.165, 1.54) is 32.0 Å². The minimum atomic E-state index is -0.840. The molecule has 0 heterocycles. The molecule has 0 radical (unpaired) electrons. The summed E-state index contributed by atoms with van der Waals surface area (Å²) in [6.07, 6.45) is 0. The Morgan fingerprint density at radius 2 is 2.00 bits per heavy atom. The van der Waals surface area contributed by atoms with Gasteiger partial charge in [0.05, 0.1) is 4.92 Å². The number of benzene rings is 1. The molecule has 0 aliphatic heterocycles. The lowest BCUT2D eigenvalue weighted by Gasteiger charge is -2.14. The molecule has 1 aromatic rings. The highest BCUT2D eigenvalue weighted by atomic mass is 16.6. The summed E-state index contributed by atoms with van der Waals surface area (Å²) in [4.78, 5) is 32.4. The first-order valence-corrected chi connectivity index (χ1v) is 4.93. The Hall–Kier alpha value is -2.24. The van der Waals surface area contributed by atoms with Crippen LogP contribution in [0, 0.1) is 10.1 Å². The van der Waals surface area contributed by atoms with Crippen LogP contribution in [0.2, 0.25) is 0 Å². The Kier molecular flexibility index (Phi) is 3.92. The van der Waals surface area contributed by atoms with Gasteiger partial charge >= 0.3 is 0 Å². The molecule has 0 aromatic heterocycles. The average Bonchev–Trinajstić information content (AvgIpc) is 2.25. The van der Waals surface area contributed by atoms with Crippen LogP contribution in [-0.2, 0) is 9.59 Å². The summed E-state index contributed by atoms with van der Waals surface area (Å²) in [5.74, 6) is -0.641. The molecule has 1 N–H and O–H groups in total. The van der Waals surface area contributed by atoms with Crippen molar-refractivity contribution in [3.8, 4) is 0 Å². The van der Waals surface area contributed by atoms with Crippen molar-refractivity contribution in [3.05, 3.63) is 39.9 Å². The standard InChI is InChI=1S/C11H12N2O4/c1-7(14)11(12-8(2)15)9-4-3-5-10(6-9)13(16)17/h3-6,11H,1-2H3,(H,12,15). The lowest BCUT2D eigenvalue weighted by atomic mass is 10.0. The van der Waals surface area contributed by atoms with E-state index in [0.717, 1.165) is 0 Å².